The largest absolute Gasteiger partial charge is 0.508 e. The maximum atomic E-state index is 13.6. The van der Waals surface area contributed by atoms with E-state index in [1.807, 2.05) is 33.9 Å². The Morgan fingerprint density at radius 2 is 1.13 bits per heavy atom. The fourth-order valence-electron chi connectivity index (χ4n) is 5.36. The van der Waals surface area contributed by atoms with E-state index >= 15 is 0 Å². The maximum absolute atomic E-state index is 13.6. The number of aromatic hydroxyl groups is 3. The van der Waals surface area contributed by atoms with Gasteiger partial charge < -0.3 is 46.2 Å². The summed E-state index contributed by atoms with van der Waals surface area (Å²) >= 11 is 0. The Hall–Kier alpha value is -4.65. The Balaban J connectivity index is 0.000000157. The summed E-state index contributed by atoms with van der Waals surface area (Å²) in [6.45, 7) is 9.42. The Labute approximate surface area is 264 Å². The monoisotopic (exact) mass is 638 g/mol. The summed E-state index contributed by atoms with van der Waals surface area (Å²) < 4.78 is 45.6. The molecule has 3 aromatic carbocycles. The van der Waals surface area contributed by atoms with Crippen molar-refractivity contribution >= 4 is 32.7 Å². The number of benzene rings is 3. The highest BCUT2D eigenvalue weighted by Crippen LogP contribution is 2.29. The van der Waals surface area contributed by atoms with E-state index in [4.69, 9.17) is 17.2 Å². The van der Waals surface area contributed by atoms with Crippen LogP contribution in [0.4, 0.5) is 13.2 Å². The highest BCUT2D eigenvalue weighted by molar-refractivity contribution is 5.85. The van der Waals surface area contributed by atoms with Gasteiger partial charge in [0.15, 0.2) is 23.1 Å². The number of nitrogens with two attached hydrogens (primary N) is 3. The van der Waals surface area contributed by atoms with Crippen LogP contribution < -0.4 is 17.2 Å². The van der Waals surface area contributed by atoms with Gasteiger partial charge >= 0.3 is 0 Å². The molecular formula is C34H41F3N6O3. The molecule has 9 N–H and O–H groups in total. The Morgan fingerprint density at radius 3 is 1.72 bits per heavy atom. The second-order valence-electron chi connectivity index (χ2n) is 11.8. The first-order valence-corrected chi connectivity index (χ1v) is 14.8. The topological polar surface area (TPSA) is 154 Å². The van der Waals surface area contributed by atoms with Crippen molar-refractivity contribution in [3.05, 3.63) is 90.1 Å². The third-order valence-corrected chi connectivity index (χ3v) is 7.32. The molecule has 0 bridgehead atoms. The van der Waals surface area contributed by atoms with E-state index in [0.717, 1.165) is 23.0 Å². The van der Waals surface area contributed by atoms with Gasteiger partial charge in [0, 0.05) is 84.6 Å². The van der Waals surface area contributed by atoms with E-state index in [2.05, 4.69) is 10.6 Å². The molecule has 3 atom stereocenters. The Bertz CT molecular complexity index is 1960. The minimum absolute atomic E-state index is 0.0534. The van der Waals surface area contributed by atoms with E-state index in [-0.39, 0.29) is 29.3 Å². The summed E-state index contributed by atoms with van der Waals surface area (Å²) in [5.41, 5.74) is 20.0. The second kappa shape index (κ2) is 14.2. The van der Waals surface area contributed by atoms with Crippen LogP contribution in [0.3, 0.4) is 0 Å². The van der Waals surface area contributed by atoms with Crippen LogP contribution in [-0.2, 0) is 19.6 Å². The van der Waals surface area contributed by atoms with Crippen LogP contribution in [0.5, 0.6) is 17.2 Å². The first-order chi connectivity index (χ1) is 21.7. The average Bonchev–Trinajstić information content (AvgIpc) is 3.68. The van der Waals surface area contributed by atoms with Gasteiger partial charge in [0.05, 0.1) is 16.6 Å². The zero-order valence-electron chi connectivity index (χ0n) is 26.3. The highest BCUT2D eigenvalue weighted by Gasteiger charge is 2.16. The van der Waals surface area contributed by atoms with Gasteiger partial charge in [-0.05, 0) is 69.7 Å². The molecule has 3 aromatic heterocycles. The molecule has 0 radical (unpaired) electrons. The lowest BCUT2D eigenvalue weighted by Crippen LogP contribution is -2.21. The van der Waals surface area contributed by atoms with Crippen molar-refractivity contribution in [3.8, 4) is 17.2 Å². The van der Waals surface area contributed by atoms with Gasteiger partial charge in [0.2, 0.25) is 5.82 Å². The first-order valence-electron chi connectivity index (χ1n) is 14.8. The third kappa shape index (κ3) is 7.58. The number of hydrogen-bond donors (Lipinski definition) is 6. The lowest BCUT2D eigenvalue weighted by Gasteiger charge is -2.09. The van der Waals surface area contributed by atoms with Gasteiger partial charge in [-0.1, -0.05) is 0 Å². The Kier molecular flexibility index (Phi) is 10.6. The van der Waals surface area contributed by atoms with Crippen molar-refractivity contribution in [2.24, 2.45) is 17.2 Å². The molecule has 6 rings (SSSR count). The zero-order valence-corrected chi connectivity index (χ0v) is 26.3. The molecule has 0 fully saturated rings. The first kappa shape index (κ1) is 34.2. The summed E-state index contributed by atoms with van der Waals surface area (Å²) in [5, 5.41) is 30.1. The fraction of sp³-hybridized carbons (Fsp3) is 0.294. The second-order valence-corrected chi connectivity index (χ2v) is 11.8. The predicted octanol–water partition coefficient (Wildman–Crippen LogP) is 5.81. The van der Waals surface area contributed by atoms with Crippen molar-refractivity contribution in [2.75, 3.05) is 0 Å². The van der Waals surface area contributed by atoms with E-state index < -0.39 is 23.2 Å². The van der Waals surface area contributed by atoms with Crippen molar-refractivity contribution in [2.45, 2.75) is 65.5 Å². The standard InChI is InChI=1S/C12H16N2O.C11H12F2N2O.C11H13FN2O/c1-8-5-10(15)6-12-11(8)3-4-14(12)7-9(2)13;1-6(14)5-15-3-2-7-8(15)4-9(16)11(13)10(7)12;1-7(13)6-14-5-4-8-2-3-9(15)10(12)11(8)14/h3-6,9,15H,7,13H2,1-2H3;2-4,6,16H,5,14H2,1H3;2-5,7,15H,6,13H2,1H3. The Morgan fingerprint density at radius 1 is 0.609 bits per heavy atom. The van der Waals surface area contributed by atoms with Gasteiger partial charge in [-0.3, -0.25) is 0 Å². The summed E-state index contributed by atoms with van der Waals surface area (Å²) in [6.07, 6.45) is 5.41. The minimum atomic E-state index is -1.22. The molecule has 0 amide bonds. The zero-order chi connectivity index (χ0) is 33.9. The van der Waals surface area contributed by atoms with Crippen LogP contribution in [0.15, 0.2) is 67.1 Å². The number of fused-ring (bicyclic) bond motifs is 3. The minimum Gasteiger partial charge on any atom is -0.508 e. The molecule has 3 heterocycles. The lowest BCUT2D eigenvalue weighted by atomic mass is 10.1. The molecule has 12 heteroatoms. The number of nitrogens with zero attached hydrogens (tertiary/aromatic N) is 3. The molecule has 0 spiro atoms. The van der Waals surface area contributed by atoms with Crippen molar-refractivity contribution in [1.29, 1.82) is 0 Å². The smallest absolute Gasteiger partial charge is 0.201 e. The number of aryl methyl sites for hydroxylation is 1. The number of phenols is 3. The molecular weight excluding hydrogens is 597 g/mol. The van der Waals surface area contributed by atoms with E-state index in [1.165, 1.54) is 23.6 Å². The van der Waals surface area contributed by atoms with E-state index in [9.17, 15) is 28.5 Å². The predicted molar refractivity (Wildman–Crippen MR) is 176 cm³/mol. The normalized spacial score (nSPS) is 13.3. The molecule has 0 aliphatic rings. The van der Waals surface area contributed by atoms with Crippen LogP contribution in [0.25, 0.3) is 32.7 Å². The van der Waals surface area contributed by atoms with Gasteiger partial charge in [-0.15, -0.1) is 0 Å². The van der Waals surface area contributed by atoms with Crippen molar-refractivity contribution in [1.82, 2.24) is 13.7 Å². The van der Waals surface area contributed by atoms with Crippen LogP contribution in [0.1, 0.15) is 26.3 Å². The van der Waals surface area contributed by atoms with Crippen LogP contribution >= 0.6 is 0 Å². The number of aromatic nitrogens is 3. The molecule has 0 saturated heterocycles. The maximum Gasteiger partial charge on any atom is 0.201 e. The van der Waals surface area contributed by atoms with E-state index in [0.29, 0.717) is 29.9 Å². The number of rotatable bonds is 6. The van der Waals surface area contributed by atoms with Gasteiger partial charge in [0.1, 0.15) is 5.75 Å². The third-order valence-electron chi connectivity index (χ3n) is 7.32. The quantitative estimate of drug-likeness (QED) is 0.135. The molecule has 0 aliphatic heterocycles. The van der Waals surface area contributed by atoms with Gasteiger partial charge in [-0.2, -0.15) is 4.39 Å². The molecule has 3 unspecified atom stereocenters. The SMILES string of the molecule is CC(N)Cn1ccc2c(F)c(F)c(O)cc21.CC(N)Cn1ccc2ccc(O)c(F)c21.Cc1cc(O)cc2c1ccn2CC(C)N. The van der Waals surface area contributed by atoms with Crippen molar-refractivity contribution < 1.29 is 28.5 Å². The summed E-state index contributed by atoms with van der Waals surface area (Å²) in [4.78, 5) is 0. The molecule has 0 saturated carbocycles. The molecule has 246 valence electrons. The number of phenolic OH excluding ortho intramolecular Hbond substituents is 3. The van der Waals surface area contributed by atoms with Crippen LogP contribution in [-0.4, -0.2) is 47.1 Å². The molecule has 9 nitrogen and oxygen atoms in total. The summed E-state index contributed by atoms with van der Waals surface area (Å²) in [5.74, 6) is -3.53. The van der Waals surface area contributed by atoms with Gasteiger partial charge in [0.25, 0.3) is 0 Å². The average molecular weight is 639 g/mol. The number of halogens is 3. The molecule has 46 heavy (non-hydrogen) atoms. The summed E-state index contributed by atoms with van der Waals surface area (Å²) in [6, 6.07) is 13.1. The van der Waals surface area contributed by atoms with Gasteiger partial charge in [-0.25, -0.2) is 8.78 Å². The van der Waals surface area contributed by atoms with Crippen LogP contribution in [0, 0.1) is 24.4 Å². The number of hydrogen-bond acceptors (Lipinski definition) is 6. The van der Waals surface area contributed by atoms with Crippen molar-refractivity contribution in [3.63, 3.8) is 0 Å². The fourth-order valence-corrected chi connectivity index (χ4v) is 5.36. The van der Waals surface area contributed by atoms with Crippen LogP contribution in [0.2, 0.25) is 0 Å². The highest BCUT2D eigenvalue weighted by atomic mass is 19.2. The molecule has 6 aromatic rings. The van der Waals surface area contributed by atoms with E-state index in [1.54, 1.807) is 45.8 Å². The lowest BCUT2D eigenvalue weighted by molar-refractivity contribution is 0.410. The molecule has 0 aliphatic carbocycles. The summed E-state index contributed by atoms with van der Waals surface area (Å²) in [7, 11) is 0.